The predicted molar refractivity (Wildman–Crippen MR) is 127 cm³/mol. The van der Waals surface area contributed by atoms with Crippen LogP contribution in [0.25, 0.3) is 22.2 Å². The molecule has 0 aliphatic carbocycles. The number of fused-ring (bicyclic) bond motifs is 1. The molecule has 1 aliphatic heterocycles. The molecule has 164 valence electrons. The van der Waals surface area contributed by atoms with Crippen LogP contribution in [0.2, 0.25) is 5.02 Å². The van der Waals surface area contributed by atoms with Crippen LogP contribution in [0, 0.1) is 0 Å². The van der Waals surface area contributed by atoms with Gasteiger partial charge in [-0.15, -0.1) is 0 Å². The van der Waals surface area contributed by atoms with E-state index in [1.54, 1.807) is 4.68 Å². The molecule has 2 heterocycles. The quantitative estimate of drug-likeness (QED) is 0.496. The zero-order valence-electron chi connectivity index (χ0n) is 18.2. The fourth-order valence-corrected chi connectivity index (χ4v) is 4.77. The van der Waals surface area contributed by atoms with Crippen molar-refractivity contribution in [1.82, 2.24) is 20.0 Å². The summed E-state index contributed by atoms with van der Waals surface area (Å²) in [6.07, 6.45) is 6.14. The summed E-state index contributed by atoms with van der Waals surface area (Å²) in [5.41, 5.74) is 2.78. The number of nitrogens with zero attached hydrogens (tertiary/aromatic N) is 3. The molecule has 1 amide bonds. The summed E-state index contributed by atoms with van der Waals surface area (Å²) in [6.45, 7) is 5.42. The first-order valence-electron chi connectivity index (χ1n) is 11.4. The highest BCUT2D eigenvalue weighted by Crippen LogP contribution is 2.30. The molecular weight excluding hydrogens is 408 g/mol. The third kappa shape index (κ3) is 5.28. The standard InChI is InChI=1S/C25H31ClN4O/c1-2-21-11-6-7-15-29(21)16-8-14-27-24(31)18-30-23-13-12-20(26)17-22(23)25(28-30)19-9-4-3-5-10-19/h3-5,9-10,12-13,17,21H,2,6-8,11,14-16,18H2,1H3,(H,27,31). The highest BCUT2D eigenvalue weighted by Gasteiger charge is 2.20. The average Bonchev–Trinajstić information content (AvgIpc) is 3.14. The van der Waals surface area contributed by atoms with Crippen molar-refractivity contribution in [3.63, 3.8) is 0 Å². The monoisotopic (exact) mass is 438 g/mol. The fraction of sp³-hybridized carbons (Fsp3) is 0.440. The first-order valence-corrected chi connectivity index (χ1v) is 11.8. The number of hydrogen-bond donors (Lipinski definition) is 1. The number of rotatable bonds is 8. The van der Waals surface area contributed by atoms with Gasteiger partial charge in [0.2, 0.25) is 5.91 Å². The van der Waals surface area contributed by atoms with Crippen molar-refractivity contribution < 1.29 is 4.79 Å². The maximum atomic E-state index is 12.6. The van der Waals surface area contributed by atoms with Gasteiger partial charge in [0, 0.05) is 35.1 Å². The van der Waals surface area contributed by atoms with Gasteiger partial charge in [0.25, 0.3) is 0 Å². The van der Waals surface area contributed by atoms with Gasteiger partial charge in [-0.05, 0) is 50.4 Å². The number of halogens is 1. The van der Waals surface area contributed by atoms with E-state index < -0.39 is 0 Å². The summed E-state index contributed by atoms with van der Waals surface area (Å²) >= 11 is 6.24. The number of piperidine rings is 1. The lowest BCUT2D eigenvalue weighted by atomic mass is 10.00. The zero-order valence-corrected chi connectivity index (χ0v) is 18.9. The molecule has 0 saturated carbocycles. The van der Waals surface area contributed by atoms with Crippen LogP contribution in [-0.4, -0.2) is 46.3 Å². The second kappa shape index (κ2) is 10.3. The number of amides is 1. The van der Waals surface area contributed by atoms with Gasteiger partial charge in [-0.3, -0.25) is 9.48 Å². The van der Waals surface area contributed by atoms with Gasteiger partial charge in [0.15, 0.2) is 0 Å². The molecule has 0 bridgehead atoms. The van der Waals surface area contributed by atoms with E-state index >= 15 is 0 Å². The smallest absolute Gasteiger partial charge is 0.241 e. The van der Waals surface area contributed by atoms with Crippen molar-refractivity contribution in [3.8, 4) is 11.3 Å². The number of benzene rings is 2. The molecule has 1 aromatic heterocycles. The van der Waals surface area contributed by atoms with Crippen LogP contribution in [0.1, 0.15) is 39.0 Å². The van der Waals surface area contributed by atoms with Gasteiger partial charge in [-0.1, -0.05) is 55.3 Å². The topological polar surface area (TPSA) is 50.2 Å². The third-order valence-electron chi connectivity index (χ3n) is 6.22. The van der Waals surface area contributed by atoms with Gasteiger partial charge in [0.05, 0.1) is 5.52 Å². The van der Waals surface area contributed by atoms with Crippen molar-refractivity contribution in [3.05, 3.63) is 53.6 Å². The van der Waals surface area contributed by atoms with E-state index in [9.17, 15) is 4.79 Å². The average molecular weight is 439 g/mol. The second-order valence-corrected chi connectivity index (χ2v) is 8.77. The Bertz CT molecular complexity index is 1020. The van der Waals surface area contributed by atoms with Crippen LogP contribution >= 0.6 is 11.6 Å². The molecule has 3 aromatic rings. The number of nitrogens with one attached hydrogen (secondary N) is 1. The molecular formula is C25H31ClN4O. The first-order chi connectivity index (χ1) is 15.2. The lowest BCUT2D eigenvalue weighted by Crippen LogP contribution is -2.40. The Morgan fingerprint density at radius 1 is 1.19 bits per heavy atom. The predicted octanol–water partition coefficient (Wildman–Crippen LogP) is 5.13. The van der Waals surface area contributed by atoms with E-state index in [-0.39, 0.29) is 12.5 Å². The molecule has 31 heavy (non-hydrogen) atoms. The van der Waals surface area contributed by atoms with E-state index in [2.05, 4.69) is 17.1 Å². The molecule has 1 saturated heterocycles. The SMILES string of the molecule is CCC1CCCCN1CCCNC(=O)Cn1nc(-c2ccccc2)c2cc(Cl)ccc21. The van der Waals surface area contributed by atoms with Gasteiger partial charge < -0.3 is 10.2 Å². The highest BCUT2D eigenvalue weighted by atomic mass is 35.5. The maximum absolute atomic E-state index is 12.6. The number of carbonyl (C=O) groups is 1. The molecule has 1 aliphatic rings. The Hall–Kier alpha value is -2.37. The molecule has 4 rings (SSSR count). The molecule has 1 N–H and O–H groups in total. The maximum Gasteiger partial charge on any atom is 0.241 e. The summed E-state index contributed by atoms with van der Waals surface area (Å²) in [7, 11) is 0. The van der Waals surface area contributed by atoms with E-state index in [1.165, 1.54) is 32.2 Å². The van der Waals surface area contributed by atoms with Crippen molar-refractivity contribution >= 4 is 28.4 Å². The Labute approximate surface area is 189 Å². The Kier molecular flexibility index (Phi) is 7.25. The fourth-order valence-electron chi connectivity index (χ4n) is 4.60. The lowest BCUT2D eigenvalue weighted by molar-refractivity contribution is -0.121. The van der Waals surface area contributed by atoms with Crippen LogP contribution in [0.15, 0.2) is 48.5 Å². The lowest BCUT2D eigenvalue weighted by Gasteiger charge is -2.35. The zero-order chi connectivity index (χ0) is 21.6. The Balaban J connectivity index is 1.39. The minimum atomic E-state index is -0.00959. The molecule has 1 atom stereocenters. The van der Waals surface area contributed by atoms with Crippen molar-refractivity contribution in [2.45, 2.75) is 51.6 Å². The summed E-state index contributed by atoms with van der Waals surface area (Å²) in [6, 6.07) is 16.4. The minimum Gasteiger partial charge on any atom is -0.354 e. The minimum absolute atomic E-state index is 0.00959. The van der Waals surface area contributed by atoms with E-state index in [0.29, 0.717) is 17.6 Å². The Morgan fingerprint density at radius 3 is 2.84 bits per heavy atom. The van der Waals surface area contributed by atoms with Gasteiger partial charge >= 0.3 is 0 Å². The number of likely N-dealkylation sites (tertiary alicyclic amines) is 1. The van der Waals surface area contributed by atoms with Gasteiger partial charge in [0.1, 0.15) is 12.2 Å². The van der Waals surface area contributed by atoms with E-state index in [0.717, 1.165) is 35.1 Å². The summed E-state index contributed by atoms with van der Waals surface area (Å²) in [4.78, 5) is 15.2. The molecule has 5 nitrogen and oxygen atoms in total. The molecule has 6 heteroatoms. The van der Waals surface area contributed by atoms with Crippen molar-refractivity contribution in [1.29, 1.82) is 0 Å². The van der Waals surface area contributed by atoms with Crippen LogP contribution < -0.4 is 5.32 Å². The number of aromatic nitrogens is 2. The molecule has 2 aromatic carbocycles. The van der Waals surface area contributed by atoms with Crippen molar-refractivity contribution in [2.24, 2.45) is 0 Å². The molecule has 0 spiro atoms. The second-order valence-electron chi connectivity index (χ2n) is 8.33. The summed E-state index contributed by atoms with van der Waals surface area (Å²) < 4.78 is 1.78. The molecule has 0 radical (unpaired) electrons. The van der Waals surface area contributed by atoms with Crippen LogP contribution in [0.5, 0.6) is 0 Å². The molecule has 1 unspecified atom stereocenters. The van der Waals surface area contributed by atoms with E-state index in [4.69, 9.17) is 16.7 Å². The van der Waals surface area contributed by atoms with Gasteiger partial charge in [-0.2, -0.15) is 5.10 Å². The van der Waals surface area contributed by atoms with Crippen LogP contribution in [0.3, 0.4) is 0 Å². The highest BCUT2D eigenvalue weighted by molar-refractivity contribution is 6.31. The third-order valence-corrected chi connectivity index (χ3v) is 6.45. The largest absolute Gasteiger partial charge is 0.354 e. The van der Waals surface area contributed by atoms with Gasteiger partial charge in [-0.25, -0.2) is 0 Å². The van der Waals surface area contributed by atoms with Crippen LogP contribution in [-0.2, 0) is 11.3 Å². The summed E-state index contributed by atoms with van der Waals surface area (Å²) in [5, 5.41) is 9.45. The summed E-state index contributed by atoms with van der Waals surface area (Å²) in [5.74, 6) is -0.00959. The Morgan fingerprint density at radius 2 is 2.03 bits per heavy atom. The van der Waals surface area contributed by atoms with Crippen LogP contribution in [0.4, 0.5) is 0 Å². The molecule has 1 fully saturated rings. The van der Waals surface area contributed by atoms with Crippen molar-refractivity contribution in [2.75, 3.05) is 19.6 Å². The first kappa shape index (κ1) is 21.8. The van der Waals surface area contributed by atoms with E-state index in [1.807, 2.05) is 48.5 Å². The number of hydrogen-bond acceptors (Lipinski definition) is 3. The number of carbonyl (C=O) groups excluding carboxylic acids is 1. The normalized spacial score (nSPS) is 17.2.